The van der Waals surface area contributed by atoms with E-state index in [1.54, 1.807) is 0 Å². The van der Waals surface area contributed by atoms with Gasteiger partial charge >= 0.3 is 65.1 Å². The first-order chi connectivity index (χ1) is 11.7. The predicted octanol–water partition coefficient (Wildman–Crippen LogP) is 4.15. The van der Waals surface area contributed by atoms with E-state index in [0.29, 0.717) is 6.42 Å². The maximum atomic E-state index is 11.3. The van der Waals surface area contributed by atoms with Crippen LogP contribution >= 0.6 is 0 Å². The summed E-state index contributed by atoms with van der Waals surface area (Å²) in [5, 5.41) is 10.8. The normalized spacial score (nSPS) is 9.88. The van der Waals surface area contributed by atoms with Gasteiger partial charge in [0.25, 0.3) is 0 Å². The van der Waals surface area contributed by atoms with E-state index in [-0.39, 0.29) is 71.6 Å². The third-order valence-electron chi connectivity index (χ3n) is 4.44. The molecule has 6 heteroatoms. The van der Waals surface area contributed by atoms with Crippen molar-refractivity contribution in [3.63, 3.8) is 0 Å². The van der Waals surface area contributed by atoms with Crippen LogP contribution in [0.3, 0.4) is 0 Å². The Hall–Kier alpha value is 0.940. The molecule has 0 spiro atoms. The van der Waals surface area contributed by atoms with Gasteiger partial charge in [0, 0.05) is 6.42 Å². The number of hydrogen-bond acceptors (Lipinski definition) is 2. The average molecular weight is 390 g/mol. The number of carbonyl (C=O) groups excluding carboxylic acids is 1. The molecule has 0 bridgehead atoms. The molecule has 0 saturated carbocycles. The van der Waals surface area contributed by atoms with Gasteiger partial charge in [-0.1, -0.05) is 96.8 Å². The monoisotopic (exact) mass is 389 g/mol. The Kier molecular flexibility index (Phi) is 31.6. The van der Waals surface area contributed by atoms with E-state index in [1.807, 2.05) is 0 Å². The van der Waals surface area contributed by atoms with Crippen molar-refractivity contribution in [3.8, 4) is 0 Å². The average Bonchev–Trinajstić information content (AvgIpc) is 2.56. The first-order valence-electron chi connectivity index (χ1n) is 10.1. The molecule has 0 rings (SSSR count). The number of aliphatic carboxylic acids is 1. The molecule has 146 valence electrons. The molecule has 0 aromatic carbocycles. The van der Waals surface area contributed by atoms with Crippen LogP contribution in [-0.4, -0.2) is 82.6 Å². The fraction of sp³-hybridized carbons (Fsp3) is 0.900. The summed E-state index contributed by atoms with van der Waals surface area (Å²) in [6.45, 7) is 2.00. The summed E-state index contributed by atoms with van der Waals surface area (Å²) < 4.78 is 0. The topological polar surface area (TPSA) is 66.4 Å². The maximum absolute atomic E-state index is 11.3. The van der Waals surface area contributed by atoms with Gasteiger partial charge in [0.05, 0.1) is 0 Å². The Morgan fingerprint density at radius 3 is 1.35 bits per heavy atom. The van der Waals surface area contributed by atoms with Gasteiger partial charge in [0.2, 0.25) is 5.91 Å². The van der Waals surface area contributed by atoms with Gasteiger partial charge in [0.1, 0.15) is 6.54 Å². The van der Waals surface area contributed by atoms with Crippen LogP contribution in [0, 0.1) is 0 Å². The second-order valence-corrected chi connectivity index (χ2v) is 6.87. The summed E-state index contributed by atoms with van der Waals surface area (Å²) in [5.74, 6) is -1.13. The van der Waals surface area contributed by atoms with Crippen molar-refractivity contribution >= 4 is 71.0 Å². The van der Waals surface area contributed by atoms with Gasteiger partial charge in [-0.2, -0.15) is 0 Å². The molecule has 0 aliphatic carbocycles. The van der Waals surface area contributed by atoms with Crippen LogP contribution in [0.5, 0.6) is 0 Å². The van der Waals surface area contributed by atoms with E-state index < -0.39 is 5.97 Å². The number of rotatable bonds is 18. The van der Waals surface area contributed by atoms with E-state index in [9.17, 15) is 9.59 Å². The number of carboxylic acids is 1. The van der Waals surface area contributed by atoms with Gasteiger partial charge in [-0.15, -0.1) is 0 Å². The second kappa shape index (κ2) is 25.9. The van der Waals surface area contributed by atoms with Crippen LogP contribution in [0.1, 0.15) is 110 Å². The standard InChI is InChI=1S/C20H39NO3.2Na.2H/c1-2-3-4-5-6-7-8-9-10-11-12-13-14-15-16-17-19(22)21-18-20(23)24;;;;/h2-18H2,1H3,(H,21,22)(H,23,24);;;;. The second-order valence-electron chi connectivity index (χ2n) is 6.87. The summed E-state index contributed by atoms with van der Waals surface area (Å²) in [4.78, 5) is 21.6. The summed E-state index contributed by atoms with van der Waals surface area (Å²) in [6, 6.07) is 0. The van der Waals surface area contributed by atoms with Gasteiger partial charge in [-0.25, -0.2) is 0 Å². The van der Waals surface area contributed by atoms with E-state index in [1.165, 1.54) is 83.5 Å². The third kappa shape index (κ3) is 27.2. The SMILES string of the molecule is CCCCCCCCCCCCCCCCCC(=O)NCC(=O)O.[NaH].[NaH]. The van der Waals surface area contributed by atoms with E-state index in [0.717, 1.165) is 12.8 Å². The van der Waals surface area contributed by atoms with Gasteiger partial charge in [-0.3, -0.25) is 9.59 Å². The fourth-order valence-corrected chi connectivity index (χ4v) is 2.92. The molecule has 26 heavy (non-hydrogen) atoms. The Bertz CT molecular complexity index is 315. The van der Waals surface area contributed by atoms with Gasteiger partial charge in [0.15, 0.2) is 0 Å². The van der Waals surface area contributed by atoms with E-state index in [4.69, 9.17) is 5.11 Å². The first kappa shape index (κ1) is 31.6. The van der Waals surface area contributed by atoms with Crippen molar-refractivity contribution in [1.82, 2.24) is 5.32 Å². The number of nitrogens with one attached hydrogen (secondary N) is 1. The van der Waals surface area contributed by atoms with Crippen molar-refractivity contribution < 1.29 is 14.7 Å². The third-order valence-corrected chi connectivity index (χ3v) is 4.44. The first-order valence-corrected chi connectivity index (χ1v) is 10.1. The zero-order valence-electron chi connectivity index (χ0n) is 15.8. The molecule has 0 heterocycles. The molecule has 0 radical (unpaired) electrons. The van der Waals surface area contributed by atoms with Gasteiger partial charge < -0.3 is 10.4 Å². The van der Waals surface area contributed by atoms with Crippen LogP contribution in [0.25, 0.3) is 0 Å². The van der Waals surface area contributed by atoms with Crippen molar-refractivity contribution in [2.24, 2.45) is 0 Å². The number of amides is 1. The fourth-order valence-electron chi connectivity index (χ4n) is 2.92. The minimum atomic E-state index is -0.986. The molecule has 1 amide bonds. The van der Waals surface area contributed by atoms with Crippen LogP contribution in [0.4, 0.5) is 0 Å². The van der Waals surface area contributed by atoms with Crippen molar-refractivity contribution in [2.75, 3.05) is 6.54 Å². The number of carboxylic acid groups (broad SMARTS) is 1. The molecule has 2 N–H and O–H groups in total. The molecule has 0 aliphatic rings. The van der Waals surface area contributed by atoms with Gasteiger partial charge in [-0.05, 0) is 6.42 Å². The molecule has 0 aromatic heterocycles. The molecule has 0 saturated heterocycles. The summed E-state index contributed by atoms with van der Waals surface area (Å²) in [5.41, 5.74) is 0. The van der Waals surface area contributed by atoms with Crippen LogP contribution < -0.4 is 5.32 Å². The summed E-state index contributed by atoms with van der Waals surface area (Å²) in [6.07, 6.45) is 20.0. The zero-order chi connectivity index (χ0) is 17.9. The molecule has 0 unspecified atom stereocenters. The molecular weight excluding hydrogens is 348 g/mol. The van der Waals surface area contributed by atoms with Crippen LogP contribution in [0.2, 0.25) is 0 Å². The number of hydrogen-bond donors (Lipinski definition) is 2. The summed E-state index contributed by atoms with van der Waals surface area (Å²) in [7, 11) is 0. The van der Waals surface area contributed by atoms with E-state index in [2.05, 4.69) is 12.2 Å². The van der Waals surface area contributed by atoms with Crippen LogP contribution in [0.15, 0.2) is 0 Å². The molecule has 0 aliphatic heterocycles. The van der Waals surface area contributed by atoms with Crippen molar-refractivity contribution in [3.05, 3.63) is 0 Å². The number of unbranched alkanes of at least 4 members (excludes halogenated alkanes) is 14. The molecule has 4 nitrogen and oxygen atoms in total. The minimum absolute atomic E-state index is 0. The predicted molar refractivity (Wildman–Crippen MR) is 114 cm³/mol. The molecule has 0 fully saturated rings. The summed E-state index contributed by atoms with van der Waals surface area (Å²) >= 11 is 0. The molecule has 0 aromatic rings. The quantitative estimate of drug-likeness (QED) is 0.273. The van der Waals surface area contributed by atoms with Crippen LogP contribution in [-0.2, 0) is 9.59 Å². The zero-order valence-corrected chi connectivity index (χ0v) is 15.8. The Balaban J connectivity index is -0.00000264. The Labute approximate surface area is 205 Å². The van der Waals surface area contributed by atoms with Crippen molar-refractivity contribution in [1.29, 1.82) is 0 Å². The molecular formula is C20H41NNa2O3. The van der Waals surface area contributed by atoms with Crippen molar-refractivity contribution in [2.45, 2.75) is 110 Å². The number of carbonyl (C=O) groups is 2. The van der Waals surface area contributed by atoms with E-state index >= 15 is 0 Å². The Morgan fingerprint density at radius 2 is 1.00 bits per heavy atom. The Morgan fingerprint density at radius 1 is 0.654 bits per heavy atom. The molecule has 0 atom stereocenters.